The molecule has 1 aliphatic heterocycles. The molecular weight excluding hydrogens is 212 g/mol. The molecule has 2 heteroatoms. The SMILES string of the molecule is C#CC#Cc1ccc(OC2CCCCO2)cc1. The number of hydrogen-bond donors (Lipinski definition) is 0. The number of ether oxygens (including phenoxy) is 2. The van der Waals surface area contributed by atoms with Gasteiger partial charge in [-0.25, -0.2) is 0 Å². The molecule has 1 aromatic carbocycles. The number of terminal acetylenes is 1. The van der Waals surface area contributed by atoms with Crippen LogP contribution < -0.4 is 4.74 Å². The molecule has 0 N–H and O–H groups in total. The van der Waals surface area contributed by atoms with E-state index in [0.29, 0.717) is 0 Å². The Kier molecular flexibility index (Phi) is 4.08. The van der Waals surface area contributed by atoms with E-state index < -0.39 is 0 Å². The van der Waals surface area contributed by atoms with Crippen LogP contribution >= 0.6 is 0 Å². The highest BCUT2D eigenvalue weighted by molar-refractivity contribution is 5.41. The molecule has 0 bridgehead atoms. The maximum atomic E-state index is 5.70. The zero-order valence-electron chi connectivity index (χ0n) is 9.61. The molecule has 2 rings (SSSR count). The Morgan fingerprint density at radius 1 is 1.24 bits per heavy atom. The predicted octanol–water partition coefficient (Wildman–Crippen LogP) is 2.58. The first-order chi connectivity index (χ1) is 8.38. The van der Waals surface area contributed by atoms with Crippen molar-refractivity contribution in [1.29, 1.82) is 0 Å². The van der Waals surface area contributed by atoms with Crippen LogP contribution in [0.2, 0.25) is 0 Å². The monoisotopic (exact) mass is 226 g/mol. The minimum absolute atomic E-state index is 0.105. The van der Waals surface area contributed by atoms with E-state index in [2.05, 4.69) is 17.8 Å². The molecule has 0 aliphatic carbocycles. The van der Waals surface area contributed by atoms with Crippen LogP contribution in [0, 0.1) is 24.2 Å². The van der Waals surface area contributed by atoms with Crippen molar-refractivity contribution in [2.24, 2.45) is 0 Å². The van der Waals surface area contributed by atoms with E-state index in [0.717, 1.165) is 37.2 Å². The summed E-state index contributed by atoms with van der Waals surface area (Å²) < 4.78 is 11.2. The fraction of sp³-hybridized carbons (Fsp3) is 0.333. The van der Waals surface area contributed by atoms with Gasteiger partial charge in [0.15, 0.2) is 6.29 Å². The fourth-order valence-corrected chi connectivity index (χ4v) is 1.68. The molecule has 17 heavy (non-hydrogen) atoms. The lowest BCUT2D eigenvalue weighted by Crippen LogP contribution is -2.24. The largest absolute Gasteiger partial charge is 0.465 e. The van der Waals surface area contributed by atoms with Crippen LogP contribution in [0.15, 0.2) is 24.3 Å². The Labute approximate surface area is 102 Å². The highest BCUT2D eigenvalue weighted by atomic mass is 16.7. The predicted molar refractivity (Wildman–Crippen MR) is 66.4 cm³/mol. The first-order valence-electron chi connectivity index (χ1n) is 5.73. The molecule has 0 radical (unpaired) electrons. The van der Waals surface area contributed by atoms with Crippen LogP contribution in [0.4, 0.5) is 0 Å². The summed E-state index contributed by atoms with van der Waals surface area (Å²) in [4.78, 5) is 0. The van der Waals surface area contributed by atoms with Gasteiger partial charge >= 0.3 is 0 Å². The first-order valence-corrected chi connectivity index (χ1v) is 5.73. The minimum atomic E-state index is -0.105. The quantitative estimate of drug-likeness (QED) is 0.722. The summed E-state index contributed by atoms with van der Waals surface area (Å²) >= 11 is 0. The molecule has 0 saturated carbocycles. The van der Waals surface area contributed by atoms with Gasteiger partial charge in [0.1, 0.15) is 5.75 Å². The van der Waals surface area contributed by atoms with Crippen molar-refractivity contribution >= 4 is 0 Å². The van der Waals surface area contributed by atoms with Crippen molar-refractivity contribution in [2.75, 3.05) is 6.61 Å². The number of benzene rings is 1. The second-order valence-corrected chi connectivity index (χ2v) is 3.83. The maximum absolute atomic E-state index is 5.70. The first kappa shape index (κ1) is 11.6. The summed E-state index contributed by atoms with van der Waals surface area (Å²) in [5.74, 6) is 8.52. The third-order valence-electron chi connectivity index (χ3n) is 2.54. The van der Waals surface area contributed by atoms with Crippen molar-refractivity contribution in [3.05, 3.63) is 29.8 Å². The van der Waals surface area contributed by atoms with Gasteiger partial charge in [-0.1, -0.05) is 5.92 Å². The molecule has 1 saturated heterocycles. The van der Waals surface area contributed by atoms with Gasteiger partial charge in [-0.3, -0.25) is 0 Å². The maximum Gasteiger partial charge on any atom is 0.199 e. The highest BCUT2D eigenvalue weighted by Gasteiger charge is 2.14. The third-order valence-corrected chi connectivity index (χ3v) is 2.54. The van der Waals surface area contributed by atoms with Crippen molar-refractivity contribution < 1.29 is 9.47 Å². The van der Waals surface area contributed by atoms with E-state index in [-0.39, 0.29) is 6.29 Å². The lowest BCUT2D eigenvalue weighted by molar-refractivity contribution is -0.105. The van der Waals surface area contributed by atoms with Crippen LogP contribution in [0.1, 0.15) is 24.8 Å². The number of hydrogen-bond acceptors (Lipinski definition) is 2. The van der Waals surface area contributed by atoms with Crippen LogP contribution in [0.3, 0.4) is 0 Å². The van der Waals surface area contributed by atoms with Crippen LogP contribution in [0.5, 0.6) is 5.75 Å². The summed E-state index contributed by atoms with van der Waals surface area (Å²) in [5.41, 5.74) is 0.889. The molecule has 86 valence electrons. The van der Waals surface area contributed by atoms with Crippen molar-refractivity contribution in [1.82, 2.24) is 0 Å². The van der Waals surface area contributed by atoms with Crippen molar-refractivity contribution in [3.8, 4) is 29.9 Å². The van der Waals surface area contributed by atoms with E-state index in [1.807, 2.05) is 24.3 Å². The molecule has 1 aliphatic rings. The zero-order valence-corrected chi connectivity index (χ0v) is 9.61. The van der Waals surface area contributed by atoms with Gasteiger partial charge in [-0.05, 0) is 48.9 Å². The van der Waals surface area contributed by atoms with Gasteiger partial charge in [0.25, 0.3) is 0 Å². The molecular formula is C15H14O2. The summed E-state index contributed by atoms with van der Waals surface area (Å²) in [5, 5.41) is 0. The standard InChI is InChI=1S/C15H14O2/c1-2-3-6-13-8-10-14(11-9-13)17-15-7-4-5-12-16-15/h1,8-11,15H,4-5,7,12H2. The normalized spacial score (nSPS) is 18.6. The number of rotatable bonds is 2. The molecule has 0 spiro atoms. The van der Waals surface area contributed by atoms with Crippen LogP contribution in [-0.4, -0.2) is 12.9 Å². The van der Waals surface area contributed by atoms with Gasteiger partial charge < -0.3 is 9.47 Å². The Morgan fingerprint density at radius 3 is 2.71 bits per heavy atom. The van der Waals surface area contributed by atoms with Gasteiger partial charge in [0.05, 0.1) is 6.61 Å². The Balaban J connectivity index is 1.95. The molecule has 1 unspecified atom stereocenters. The van der Waals surface area contributed by atoms with Gasteiger partial charge in [0, 0.05) is 12.0 Å². The van der Waals surface area contributed by atoms with E-state index in [1.165, 1.54) is 0 Å². The van der Waals surface area contributed by atoms with Gasteiger partial charge in [-0.15, -0.1) is 6.42 Å². The summed E-state index contributed by atoms with van der Waals surface area (Å²) in [7, 11) is 0. The van der Waals surface area contributed by atoms with E-state index in [1.54, 1.807) is 0 Å². The smallest absolute Gasteiger partial charge is 0.199 e. The van der Waals surface area contributed by atoms with Gasteiger partial charge in [0.2, 0.25) is 0 Å². The average molecular weight is 226 g/mol. The molecule has 1 heterocycles. The zero-order chi connectivity index (χ0) is 11.9. The Hall–Kier alpha value is -1.90. The van der Waals surface area contributed by atoms with Crippen molar-refractivity contribution in [3.63, 3.8) is 0 Å². The second-order valence-electron chi connectivity index (χ2n) is 3.83. The van der Waals surface area contributed by atoms with Crippen LogP contribution in [-0.2, 0) is 4.74 Å². The summed E-state index contributed by atoms with van der Waals surface area (Å²) in [6.07, 6.45) is 8.21. The van der Waals surface area contributed by atoms with Gasteiger partial charge in [-0.2, -0.15) is 0 Å². The fourth-order valence-electron chi connectivity index (χ4n) is 1.68. The molecule has 0 amide bonds. The molecule has 1 aromatic rings. The summed E-state index contributed by atoms with van der Waals surface area (Å²) in [6, 6.07) is 7.56. The minimum Gasteiger partial charge on any atom is -0.465 e. The van der Waals surface area contributed by atoms with Crippen LogP contribution in [0.25, 0.3) is 0 Å². The van der Waals surface area contributed by atoms with Crippen molar-refractivity contribution in [2.45, 2.75) is 25.6 Å². The molecule has 0 aromatic heterocycles. The molecule has 1 atom stereocenters. The summed E-state index contributed by atoms with van der Waals surface area (Å²) in [6.45, 7) is 0.788. The average Bonchev–Trinajstić information content (AvgIpc) is 2.39. The van der Waals surface area contributed by atoms with E-state index >= 15 is 0 Å². The van der Waals surface area contributed by atoms with E-state index in [4.69, 9.17) is 15.9 Å². The third kappa shape index (κ3) is 3.55. The Morgan fingerprint density at radius 2 is 2.06 bits per heavy atom. The lowest BCUT2D eigenvalue weighted by Gasteiger charge is -2.23. The topological polar surface area (TPSA) is 18.5 Å². The molecule has 2 nitrogen and oxygen atoms in total. The molecule has 1 fully saturated rings. The van der Waals surface area contributed by atoms with E-state index in [9.17, 15) is 0 Å². The highest BCUT2D eigenvalue weighted by Crippen LogP contribution is 2.19. The lowest BCUT2D eigenvalue weighted by atomic mass is 10.2. The Bertz CT molecular complexity index is 450. The second kappa shape index (κ2) is 5.99.